The highest BCUT2D eigenvalue weighted by molar-refractivity contribution is 6.32. The van der Waals surface area contributed by atoms with Crippen molar-refractivity contribution >= 4 is 23.5 Å². The van der Waals surface area contributed by atoms with Gasteiger partial charge in [0.2, 0.25) is 0 Å². The predicted molar refractivity (Wildman–Crippen MR) is 55.7 cm³/mol. The standard InChI is InChI=1S/C11H9ClO/c1-2-9(7-8-13)10-5-3-4-6-11(10)12/h2-8H,1H2. The van der Waals surface area contributed by atoms with Crippen LogP contribution in [0.3, 0.4) is 0 Å². The molecule has 2 heteroatoms. The molecule has 0 saturated carbocycles. The van der Waals surface area contributed by atoms with Gasteiger partial charge in [-0.3, -0.25) is 4.79 Å². The number of hydrogen-bond acceptors (Lipinski definition) is 1. The molecule has 0 amide bonds. The summed E-state index contributed by atoms with van der Waals surface area (Å²) in [5, 5.41) is 0.621. The molecule has 13 heavy (non-hydrogen) atoms. The molecule has 0 radical (unpaired) electrons. The maximum Gasteiger partial charge on any atom is 0.143 e. The smallest absolute Gasteiger partial charge is 0.143 e. The molecule has 0 spiro atoms. The van der Waals surface area contributed by atoms with E-state index in [1.54, 1.807) is 12.1 Å². The van der Waals surface area contributed by atoms with Crippen molar-refractivity contribution in [2.75, 3.05) is 0 Å². The van der Waals surface area contributed by atoms with E-state index in [2.05, 4.69) is 6.58 Å². The summed E-state index contributed by atoms with van der Waals surface area (Å²) in [6.45, 7) is 3.61. The average molecular weight is 193 g/mol. The lowest BCUT2D eigenvalue weighted by Crippen LogP contribution is -1.82. The van der Waals surface area contributed by atoms with Crippen LogP contribution in [0.4, 0.5) is 0 Å². The first kappa shape index (κ1) is 9.75. The monoisotopic (exact) mass is 192 g/mol. The molecule has 0 aliphatic carbocycles. The third-order valence-corrected chi connectivity index (χ3v) is 1.98. The number of hydrogen-bond donors (Lipinski definition) is 0. The first-order valence-corrected chi connectivity index (χ1v) is 4.20. The minimum atomic E-state index is 0.621. The fourth-order valence-corrected chi connectivity index (χ4v) is 1.28. The Labute approximate surface area is 82.3 Å². The Hall–Kier alpha value is -1.34. The van der Waals surface area contributed by atoms with Gasteiger partial charge in [-0.05, 0) is 17.7 Å². The molecule has 0 saturated heterocycles. The molecule has 0 unspecified atom stereocenters. The molecule has 0 atom stereocenters. The zero-order valence-electron chi connectivity index (χ0n) is 7.03. The molecule has 1 aromatic rings. The molecule has 0 aromatic heterocycles. The fourth-order valence-electron chi connectivity index (χ4n) is 1.04. The van der Waals surface area contributed by atoms with E-state index in [-0.39, 0.29) is 0 Å². The molecule has 1 nitrogen and oxygen atoms in total. The van der Waals surface area contributed by atoms with E-state index >= 15 is 0 Å². The summed E-state index contributed by atoms with van der Waals surface area (Å²) in [5.74, 6) is 0. The molecule has 0 heterocycles. The number of carbonyl (C=O) groups excluding carboxylic acids is 1. The van der Waals surface area contributed by atoms with Gasteiger partial charge >= 0.3 is 0 Å². The van der Waals surface area contributed by atoms with Crippen LogP contribution in [0.1, 0.15) is 5.56 Å². The highest BCUT2D eigenvalue weighted by Gasteiger charge is 2.00. The summed E-state index contributed by atoms with van der Waals surface area (Å²) in [6.07, 6.45) is 3.77. The quantitative estimate of drug-likeness (QED) is 0.409. The Bertz CT molecular complexity index is 353. The summed E-state index contributed by atoms with van der Waals surface area (Å²) >= 11 is 5.93. The Morgan fingerprint density at radius 2 is 2.08 bits per heavy atom. The number of halogens is 1. The summed E-state index contributed by atoms with van der Waals surface area (Å²) in [4.78, 5) is 10.3. The van der Waals surface area contributed by atoms with Gasteiger partial charge in [0.1, 0.15) is 6.29 Å². The van der Waals surface area contributed by atoms with Crippen LogP contribution in [0.25, 0.3) is 5.57 Å². The lowest BCUT2D eigenvalue weighted by molar-refractivity contribution is -0.104. The molecule has 0 aliphatic rings. The molecule has 1 rings (SSSR count). The number of aldehydes is 1. The summed E-state index contributed by atoms with van der Waals surface area (Å²) in [6, 6.07) is 7.33. The van der Waals surface area contributed by atoms with Crippen molar-refractivity contribution < 1.29 is 4.79 Å². The third-order valence-electron chi connectivity index (χ3n) is 1.65. The van der Waals surface area contributed by atoms with Crippen LogP contribution in [0.15, 0.2) is 43.0 Å². The molecule has 0 N–H and O–H groups in total. The SMILES string of the molecule is C=CC(=CC=O)c1ccccc1Cl. The first-order chi connectivity index (χ1) is 6.29. The van der Waals surface area contributed by atoms with Crippen LogP contribution in [-0.4, -0.2) is 6.29 Å². The van der Waals surface area contributed by atoms with Crippen LogP contribution in [0, 0.1) is 0 Å². The molecule has 66 valence electrons. The molecular formula is C11H9ClO. The van der Waals surface area contributed by atoms with E-state index < -0.39 is 0 Å². The minimum absolute atomic E-state index is 0.621. The molecule has 0 bridgehead atoms. The van der Waals surface area contributed by atoms with E-state index in [4.69, 9.17) is 11.6 Å². The van der Waals surface area contributed by atoms with Crippen LogP contribution in [-0.2, 0) is 4.79 Å². The Kier molecular flexibility index (Phi) is 3.47. The van der Waals surface area contributed by atoms with Crippen molar-refractivity contribution in [2.45, 2.75) is 0 Å². The van der Waals surface area contributed by atoms with Gasteiger partial charge < -0.3 is 0 Å². The molecule has 1 aromatic carbocycles. The second-order valence-corrected chi connectivity index (χ2v) is 2.85. The number of rotatable bonds is 3. The lowest BCUT2D eigenvalue weighted by atomic mass is 10.1. The maximum atomic E-state index is 10.3. The zero-order chi connectivity index (χ0) is 9.68. The van der Waals surface area contributed by atoms with Crippen molar-refractivity contribution in [3.05, 3.63) is 53.6 Å². The Morgan fingerprint density at radius 1 is 1.38 bits per heavy atom. The normalized spacial score (nSPS) is 11.0. The number of carbonyl (C=O) groups is 1. The Morgan fingerprint density at radius 3 is 2.62 bits per heavy atom. The maximum absolute atomic E-state index is 10.3. The van der Waals surface area contributed by atoms with Crippen molar-refractivity contribution in [3.8, 4) is 0 Å². The Balaban J connectivity index is 3.19. The summed E-state index contributed by atoms with van der Waals surface area (Å²) < 4.78 is 0. The van der Waals surface area contributed by atoms with Crippen LogP contribution >= 0.6 is 11.6 Å². The van der Waals surface area contributed by atoms with Crippen LogP contribution in [0.5, 0.6) is 0 Å². The van der Waals surface area contributed by atoms with Crippen molar-refractivity contribution in [3.63, 3.8) is 0 Å². The number of allylic oxidation sites excluding steroid dienone is 3. The largest absolute Gasteiger partial charge is 0.299 e. The number of benzene rings is 1. The lowest BCUT2D eigenvalue weighted by Gasteiger charge is -2.02. The van der Waals surface area contributed by atoms with Gasteiger partial charge in [-0.15, -0.1) is 0 Å². The second kappa shape index (κ2) is 4.63. The second-order valence-electron chi connectivity index (χ2n) is 2.44. The van der Waals surface area contributed by atoms with E-state index in [1.165, 1.54) is 6.08 Å². The third kappa shape index (κ3) is 2.30. The van der Waals surface area contributed by atoms with Gasteiger partial charge in [0.05, 0.1) is 0 Å². The fraction of sp³-hybridized carbons (Fsp3) is 0. The van der Waals surface area contributed by atoms with Gasteiger partial charge in [0.15, 0.2) is 0 Å². The van der Waals surface area contributed by atoms with Gasteiger partial charge in [0, 0.05) is 10.6 Å². The van der Waals surface area contributed by atoms with E-state index in [9.17, 15) is 4.79 Å². The molecule has 0 aliphatic heterocycles. The average Bonchev–Trinajstić information content (AvgIpc) is 2.16. The molecule has 0 fully saturated rings. The van der Waals surface area contributed by atoms with Crippen molar-refractivity contribution in [2.24, 2.45) is 0 Å². The topological polar surface area (TPSA) is 17.1 Å². The van der Waals surface area contributed by atoms with Crippen LogP contribution in [0.2, 0.25) is 5.02 Å². The minimum Gasteiger partial charge on any atom is -0.299 e. The summed E-state index contributed by atoms with van der Waals surface area (Å²) in [7, 11) is 0. The van der Waals surface area contributed by atoms with Gasteiger partial charge in [-0.1, -0.05) is 42.5 Å². The highest BCUT2D eigenvalue weighted by atomic mass is 35.5. The van der Waals surface area contributed by atoms with Gasteiger partial charge in [-0.25, -0.2) is 0 Å². The van der Waals surface area contributed by atoms with Crippen molar-refractivity contribution in [1.82, 2.24) is 0 Å². The van der Waals surface area contributed by atoms with E-state index in [0.717, 1.165) is 17.4 Å². The predicted octanol–water partition coefficient (Wildman–Crippen LogP) is 3.11. The van der Waals surface area contributed by atoms with Crippen LogP contribution < -0.4 is 0 Å². The van der Waals surface area contributed by atoms with E-state index in [0.29, 0.717) is 5.02 Å². The summed E-state index contributed by atoms with van der Waals surface area (Å²) in [5.41, 5.74) is 1.56. The van der Waals surface area contributed by atoms with Gasteiger partial charge in [-0.2, -0.15) is 0 Å². The van der Waals surface area contributed by atoms with Gasteiger partial charge in [0.25, 0.3) is 0 Å². The highest BCUT2D eigenvalue weighted by Crippen LogP contribution is 2.23. The first-order valence-electron chi connectivity index (χ1n) is 3.82. The van der Waals surface area contributed by atoms with Crippen molar-refractivity contribution in [1.29, 1.82) is 0 Å². The molecular weight excluding hydrogens is 184 g/mol. The zero-order valence-corrected chi connectivity index (χ0v) is 7.79. The van der Waals surface area contributed by atoms with E-state index in [1.807, 2.05) is 18.2 Å².